The molecule has 0 saturated carbocycles. The van der Waals surface area contributed by atoms with Crippen molar-refractivity contribution in [3.8, 4) is 5.88 Å². The van der Waals surface area contributed by atoms with Gasteiger partial charge in [-0.15, -0.1) is 0 Å². The van der Waals surface area contributed by atoms with Gasteiger partial charge in [0.05, 0.1) is 12.6 Å². The van der Waals surface area contributed by atoms with Crippen LogP contribution in [0.1, 0.15) is 18.5 Å². The zero-order chi connectivity index (χ0) is 16.7. The lowest BCUT2D eigenvalue weighted by Gasteiger charge is -2.25. The highest BCUT2D eigenvalue weighted by molar-refractivity contribution is 6.31. The Bertz CT molecular complexity index is 639. The van der Waals surface area contributed by atoms with Crippen LogP contribution in [0, 0.1) is 0 Å². The standard InChI is InChI=1S/C16H19ClN4O2/c1-12(13-5-3-7-18-11-13)21(2)16(22)20-9-10-23-15-14(17)6-4-8-19-15/h3-8,11-12H,9-10H2,1-2H3,(H,20,22). The largest absolute Gasteiger partial charge is 0.475 e. The highest BCUT2D eigenvalue weighted by Gasteiger charge is 2.16. The number of nitrogens with zero attached hydrogens (tertiary/aromatic N) is 3. The van der Waals surface area contributed by atoms with E-state index in [4.69, 9.17) is 16.3 Å². The van der Waals surface area contributed by atoms with Crippen LogP contribution in [0.2, 0.25) is 5.02 Å². The topological polar surface area (TPSA) is 67.4 Å². The van der Waals surface area contributed by atoms with Crippen molar-refractivity contribution in [1.29, 1.82) is 0 Å². The molecular formula is C16H19ClN4O2. The molecule has 0 radical (unpaired) electrons. The summed E-state index contributed by atoms with van der Waals surface area (Å²) in [7, 11) is 1.74. The van der Waals surface area contributed by atoms with Crippen LogP contribution in [-0.2, 0) is 0 Å². The zero-order valence-corrected chi connectivity index (χ0v) is 13.8. The normalized spacial score (nSPS) is 11.6. The number of carbonyl (C=O) groups is 1. The van der Waals surface area contributed by atoms with Crippen molar-refractivity contribution in [3.05, 3.63) is 53.4 Å². The molecule has 0 aliphatic heterocycles. The molecule has 2 heterocycles. The zero-order valence-electron chi connectivity index (χ0n) is 13.1. The number of carbonyl (C=O) groups excluding carboxylic acids is 1. The van der Waals surface area contributed by atoms with E-state index in [1.54, 1.807) is 42.7 Å². The minimum Gasteiger partial charge on any atom is -0.475 e. The highest BCUT2D eigenvalue weighted by Crippen LogP contribution is 2.19. The van der Waals surface area contributed by atoms with Crippen molar-refractivity contribution >= 4 is 17.6 Å². The molecule has 0 saturated heterocycles. The van der Waals surface area contributed by atoms with Gasteiger partial charge in [-0.3, -0.25) is 4.98 Å². The molecule has 0 spiro atoms. The number of pyridine rings is 2. The summed E-state index contributed by atoms with van der Waals surface area (Å²) in [5, 5.41) is 3.24. The number of nitrogens with one attached hydrogen (secondary N) is 1. The maximum absolute atomic E-state index is 12.1. The fourth-order valence-electron chi connectivity index (χ4n) is 1.93. The Kier molecular flexibility index (Phi) is 6.17. The molecule has 1 atom stereocenters. The number of urea groups is 1. The van der Waals surface area contributed by atoms with Gasteiger partial charge in [0, 0.05) is 25.6 Å². The maximum atomic E-state index is 12.1. The van der Waals surface area contributed by atoms with Crippen molar-refractivity contribution in [2.45, 2.75) is 13.0 Å². The van der Waals surface area contributed by atoms with Gasteiger partial charge < -0.3 is 15.0 Å². The average molecular weight is 335 g/mol. The number of amides is 2. The number of rotatable bonds is 6. The number of halogens is 1. The first-order valence-electron chi connectivity index (χ1n) is 7.23. The summed E-state index contributed by atoms with van der Waals surface area (Å²) >= 11 is 5.94. The molecule has 0 aliphatic carbocycles. The summed E-state index contributed by atoms with van der Waals surface area (Å²) in [6.45, 7) is 2.59. The second-order valence-corrected chi connectivity index (χ2v) is 5.35. The first-order chi connectivity index (χ1) is 11.1. The Hall–Kier alpha value is -2.34. The lowest BCUT2D eigenvalue weighted by molar-refractivity contribution is 0.191. The molecule has 2 aromatic heterocycles. The fourth-order valence-corrected chi connectivity index (χ4v) is 2.11. The Morgan fingerprint density at radius 1 is 1.39 bits per heavy atom. The SMILES string of the molecule is CC(c1cccnc1)N(C)C(=O)NCCOc1ncccc1Cl. The van der Waals surface area contributed by atoms with Crippen LogP contribution in [0.5, 0.6) is 5.88 Å². The molecule has 0 fully saturated rings. The molecule has 6 nitrogen and oxygen atoms in total. The Labute approximate surface area is 140 Å². The predicted molar refractivity (Wildman–Crippen MR) is 88.6 cm³/mol. The van der Waals surface area contributed by atoms with Crippen LogP contribution < -0.4 is 10.1 Å². The summed E-state index contributed by atoms with van der Waals surface area (Å²) in [6.07, 6.45) is 5.06. The van der Waals surface area contributed by atoms with Gasteiger partial charge in [0.25, 0.3) is 0 Å². The average Bonchev–Trinajstić information content (AvgIpc) is 2.59. The van der Waals surface area contributed by atoms with Gasteiger partial charge in [-0.1, -0.05) is 17.7 Å². The number of hydrogen-bond donors (Lipinski definition) is 1. The lowest BCUT2D eigenvalue weighted by atomic mass is 10.1. The van der Waals surface area contributed by atoms with E-state index in [2.05, 4.69) is 15.3 Å². The Balaban J connectivity index is 1.77. The summed E-state index contributed by atoms with van der Waals surface area (Å²) in [6, 6.07) is 6.96. The molecule has 122 valence electrons. The lowest BCUT2D eigenvalue weighted by Crippen LogP contribution is -2.40. The highest BCUT2D eigenvalue weighted by atomic mass is 35.5. The predicted octanol–water partition coefficient (Wildman–Crippen LogP) is 2.91. The van der Waals surface area contributed by atoms with Gasteiger partial charge in [0.2, 0.25) is 5.88 Å². The van der Waals surface area contributed by atoms with Crippen molar-refractivity contribution in [3.63, 3.8) is 0 Å². The van der Waals surface area contributed by atoms with Crippen molar-refractivity contribution < 1.29 is 9.53 Å². The van der Waals surface area contributed by atoms with Crippen LogP contribution >= 0.6 is 11.6 Å². The third-order valence-corrected chi connectivity index (χ3v) is 3.70. The molecule has 0 bridgehead atoms. The van der Waals surface area contributed by atoms with Gasteiger partial charge in [-0.05, 0) is 30.7 Å². The molecule has 23 heavy (non-hydrogen) atoms. The van der Waals surface area contributed by atoms with Crippen molar-refractivity contribution in [2.75, 3.05) is 20.2 Å². The molecule has 7 heteroatoms. The van der Waals surface area contributed by atoms with Crippen LogP contribution in [-0.4, -0.2) is 41.1 Å². The molecule has 2 rings (SSSR count). The van der Waals surface area contributed by atoms with Crippen LogP contribution in [0.3, 0.4) is 0 Å². The third kappa shape index (κ3) is 4.82. The molecule has 0 aliphatic rings. The molecule has 1 N–H and O–H groups in total. The van der Waals surface area contributed by atoms with E-state index in [0.717, 1.165) is 5.56 Å². The number of aromatic nitrogens is 2. The van der Waals surface area contributed by atoms with Gasteiger partial charge in [-0.2, -0.15) is 0 Å². The minimum atomic E-state index is -0.183. The number of ether oxygens (including phenoxy) is 1. The van der Waals surface area contributed by atoms with Gasteiger partial charge in [0.1, 0.15) is 11.6 Å². The first kappa shape index (κ1) is 17.0. The summed E-state index contributed by atoms with van der Waals surface area (Å²) in [4.78, 5) is 21.8. The van der Waals surface area contributed by atoms with E-state index in [0.29, 0.717) is 17.4 Å². The minimum absolute atomic E-state index is 0.0742. The van der Waals surface area contributed by atoms with E-state index in [9.17, 15) is 4.79 Å². The van der Waals surface area contributed by atoms with E-state index >= 15 is 0 Å². The van der Waals surface area contributed by atoms with Gasteiger partial charge in [-0.25, -0.2) is 9.78 Å². The summed E-state index contributed by atoms with van der Waals surface area (Å²) in [5.74, 6) is 0.362. The van der Waals surface area contributed by atoms with E-state index in [1.807, 2.05) is 19.1 Å². The summed E-state index contributed by atoms with van der Waals surface area (Å²) in [5.41, 5.74) is 0.974. The Morgan fingerprint density at radius 2 is 2.17 bits per heavy atom. The maximum Gasteiger partial charge on any atom is 0.317 e. The second-order valence-electron chi connectivity index (χ2n) is 4.94. The number of hydrogen-bond acceptors (Lipinski definition) is 4. The third-order valence-electron chi connectivity index (χ3n) is 3.41. The van der Waals surface area contributed by atoms with Gasteiger partial charge >= 0.3 is 6.03 Å². The second kappa shape index (κ2) is 8.33. The van der Waals surface area contributed by atoms with Gasteiger partial charge in [0.15, 0.2) is 0 Å². The van der Waals surface area contributed by atoms with E-state index in [1.165, 1.54) is 0 Å². The first-order valence-corrected chi connectivity index (χ1v) is 7.61. The molecule has 2 amide bonds. The van der Waals surface area contributed by atoms with E-state index < -0.39 is 0 Å². The van der Waals surface area contributed by atoms with Crippen molar-refractivity contribution in [2.24, 2.45) is 0 Å². The van der Waals surface area contributed by atoms with Crippen molar-refractivity contribution in [1.82, 2.24) is 20.2 Å². The molecule has 1 unspecified atom stereocenters. The fraction of sp³-hybridized carbons (Fsp3) is 0.312. The smallest absolute Gasteiger partial charge is 0.317 e. The Morgan fingerprint density at radius 3 is 2.87 bits per heavy atom. The molecule has 2 aromatic rings. The van der Waals surface area contributed by atoms with Crippen LogP contribution in [0.25, 0.3) is 0 Å². The molecule has 0 aromatic carbocycles. The van der Waals surface area contributed by atoms with E-state index in [-0.39, 0.29) is 18.7 Å². The summed E-state index contributed by atoms with van der Waals surface area (Å²) < 4.78 is 5.43. The van der Waals surface area contributed by atoms with Crippen LogP contribution in [0.4, 0.5) is 4.79 Å². The quantitative estimate of drug-likeness (QED) is 0.825. The van der Waals surface area contributed by atoms with Crippen LogP contribution in [0.15, 0.2) is 42.9 Å². The molecular weight excluding hydrogens is 316 g/mol. The monoisotopic (exact) mass is 334 g/mol.